The Bertz CT molecular complexity index is 727. The summed E-state index contributed by atoms with van der Waals surface area (Å²) in [6, 6.07) is 10.4. The highest BCUT2D eigenvalue weighted by atomic mass is 16.5. The van der Waals surface area contributed by atoms with Gasteiger partial charge in [-0.25, -0.2) is 9.97 Å². The van der Waals surface area contributed by atoms with Crippen LogP contribution >= 0.6 is 0 Å². The third kappa shape index (κ3) is 3.12. The van der Waals surface area contributed by atoms with E-state index in [4.69, 9.17) is 4.74 Å². The van der Waals surface area contributed by atoms with Crippen LogP contribution in [0.1, 0.15) is 31.4 Å². The molecule has 0 amide bonds. The van der Waals surface area contributed by atoms with Crippen molar-refractivity contribution in [3.05, 3.63) is 42.2 Å². The molecule has 2 aromatic rings. The number of ether oxygens (including phenoxy) is 1. The predicted octanol–water partition coefficient (Wildman–Crippen LogP) is 2.34. The highest BCUT2D eigenvalue weighted by Gasteiger charge is 2.35. The van der Waals surface area contributed by atoms with Crippen molar-refractivity contribution < 1.29 is 9.84 Å². The SMILES string of the molecule is CC(Nc1ncnc2c1NCN2C1CCC(CO)O1)c1ccccc1. The van der Waals surface area contributed by atoms with Crippen LogP contribution in [-0.2, 0) is 4.74 Å². The lowest BCUT2D eigenvalue weighted by Crippen LogP contribution is -2.35. The first-order chi connectivity index (χ1) is 12.3. The molecule has 3 unspecified atom stereocenters. The summed E-state index contributed by atoms with van der Waals surface area (Å²) in [5, 5.41) is 16.1. The summed E-state index contributed by atoms with van der Waals surface area (Å²) < 4.78 is 5.90. The Labute approximate surface area is 147 Å². The van der Waals surface area contributed by atoms with Gasteiger partial charge in [-0.2, -0.15) is 0 Å². The van der Waals surface area contributed by atoms with E-state index in [1.165, 1.54) is 5.56 Å². The van der Waals surface area contributed by atoms with Crippen LogP contribution < -0.4 is 15.5 Å². The Hall–Kier alpha value is -2.38. The average molecular weight is 341 g/mol. The van der Waals surface area contributed by atoms with Crippen molar-refractivity contribution >= 4 is 17.3 Å². The number of benzene rings is 1. The van der Waals surface area contributed by atoms with Gasteiger partial charge in [0.2, 0.25) is 0 Å². The molecule has 0 saturated carbocycles. The molecular weight excluding hydrogens is 318 g/mol. The van der Waals surface area contributed by atoms with Gasteiger partial charge in [0.05, 0.1) is 25.4 Å². The van der Waals surface area contributed by atoms with E-state index in [0.29, 0.717) is 6.67 Å². The fourth-order valence-electron chi connectivity index (χ4n) is 3.42. The van der Waals surface area contributed by atoms with Gasteiger partial charge in [0, 0.05) is 0 Å². The maximum Gasteiger partial charge on any atom is 0.161 e. The zero-order valence-electron chi connectivity index (χ0n) is 14.2. The molecule has 1 aromatic heterocycles. The number of aliphatic hydroxyl groups is 1. The zero-order valence-corrected chi connectivity index (χ0v) is 14.2. The molecule has 25 heavy (non-hydrogen) atoms. The molecule has 1 aromatic carbocycles. The summed E-state index contributed by atoms with van der Waals surface area (Å²) in [5.74, 6) is 1.64. The Morgan fingerprint density at radius 3 is 2.92 bits per heavy atom. The quantitative estimate of drug-likeness (QED) is 0.770. The van der Waals surface area contributed by atoms with Gasteiger partial charge in [-0.3, -0.25) is 0 Å². The second-order valence-electron chi connectivity index (χ2n) is 6.47. The minimum Gasteiger partial charge on any atom is -0.394 e. The van der Waals surface area contributed by atoms with Crippen LogP contribution in [0.4, 0.5) is 17.3 Å². The maximum atomic E-state index is 9.28. The number of rotatable bonds is 5. The average Bonchev–Trinajstić information content (AvgIpc) is 3.29. The van der Waals surface area contributed by atoms with E-state index in [0.717, 1.165) is 30.2 Å². The number of hydrogen-bond donors (Lipinski definition) is 3. The Balaban J connectivity index is 1.53. The minimum absolute atomic E-state index is 0.0554. The molecular formula is C18H23N5O2. The molecule has 0 radical (unpaired) electrons. The number of hydrogen-bond acceptors (Lipinski definition) is 7. The van der Waals surface area contributed by atoms with Gasteiger partial charge in [0.15, 0.2) is 11.6 Å². The Morgan fingerprint density at radius 1 is 1.32 bits per heavy atom. The van der Waals surface area contributed by atoms with Gasteiger partial charge >= 0.3 is 0 Å². The molecule has 0 aliphatic carbocycles. The van der Waals surface area contributed by atoms with Crippen molar-refractivity contribution in [3.63, 3.8) is 0 Å². The van der Waals surface area contributed by atoms with Crippen molar-refractivity contribution in [3.8, 4) is 0 Å². The molecule has 1 saturated heterocycles. The Kier molecular flexibility index (Phi) is 4.42. The normalized spacial score (nSPS) is 23.2. The van der Waals surface area contributed by atoms with Crippen LogP contribution in [0.15, 0.2) is 36.7 Å². The topological polar surface area (TPSA) is 82.5 Å². The highest BCUT2D eigenvalue weighted by Crippen LogP contribution is 2.38. The van der Waals surface area contributed by atoms with E-state index in [1.807, 2.05) is 18.2 Å². The van der Waals surface area contributed by atoms with Crippen LogP contribution in [0.25, 0.3) is 0 Å². The molecule has 3 atom stereocenters. The molecule has 7 nitrogen and oxygen atoms in total. The number of anilines is 3. The smallest absolute Gasteiger partial charge is 0.161 e. The summed E-state index contributed by atoms with van der Waals surface area (Å²) in [6.45, 7) is 2.81. The number of nitrogens with one attached hydrogen (secondary N) is 2. The van der Waals surface area contributed by atoms with Gasteiger partial charge in [-0.1, -0.05) is 30.3 Å². The summed E-state index contributed by atoms with van der Waals surface area (Å²) in [5.41, 5.74) is 2.11. The van der Waals surface area contributed by atoms with Crippen molar-refractivity contribution in [1.82, 2.24) is 9.97 Å². The fourth-order valence-corrected chi connectivity index (χ4v) is 3.42. The monoisotopic (exact) mass is 341 g/mol. The van der Waals surface area contributed by atoms with E-state index in [1.54, 1.807) is 6.33 Å². The molecule has 1 fully saturated rings. The lowest BCUT2D eigenvalue weighted by Gasteiger charge is -2.24. The van der Waals surface area contributed by atoms with Crippen molar-refractivity contribution in [2.75, 3.05) is 28.8 Å². The first-order valence-electron chi connectivity index (χ1n) is 8.69. The van der Waals surface area contributed by atoms with Crippen molar-refractivity contribution in [1.29, 1.82) is 0 Å². The lowest BCUT2D eigenvalue weighted by molar-refractivity contribution is 0.0115. The van der Waals surface area contributed by atoms with Gasteiger partial charge in [0.1, 0.15) is 18.2 Å². The first-order valence-corrected chi connectivity index (χ1v) is 8.69. The van der Waals surface area contributed by atoms with Gasteiger partial charge in [-0.15, -0.1) is 0 Å². The summed E-state index contributed by atoms with van der Waals surface area (Å²) in [6.07, 6.45) is 3.21. The van der Waals surface area contributed by atoms with Gasteiger partial charge in [-0.05, 0) is 25.3 Å². The summed E-state index contributed by atoms with van der Waals surface area (Å²) in [4.78, 5) is 11.0. The molecule has 2 aliphatic heterocycles. The van der Waals surface area contributed by atoms with Crippen LogP contribution in [-0.4, -0.2) is 40.7 Å². The van der Waals surface area contributed by atoms with E-state index in [-0.39, 0.29) is 25.0 Å². The molecule has 7 heteroatoms. The third-order valence-corrected chi connectivity index (χ3v) is 4.81. The molecule has 2 aliphatic rings. The number of nitrogens with zero attached hydrogens (tertiary/aromatic N) is 3. The van der Waals surface area contributed by atoms with Crippen LogP contribution in [0.5, 0.6) is 0 Å². The second-order valence-corrected chi connectivity index (χ2v) is 6.47. The summed E-state index contributed by atoms with van der Waals surface area (Å²) >= 11 is 0. The van der Waals surface area contributed by atoms with Crippen molar-refractivity contribution in [2.24, 2.45) is 0 Å². The largest absolute Gasteiger partial charge is 0.394 e. The van der Waals surface area contributed by atoms with Gasteiger partial charge < -0.3 is 25.4 Å². The summed E-state index contributed by atoms with van der Waals surface area (Å²) in [7, 11) is 0. The van der Waals surface area contributed by atoms with Gasteiger partial charge in [0.25, 0.3) is 0 Å². The van der Waals surface area contributed by atoms with Crippen LogP contribution in [0.2, 0.25) is 0 Å². The van der Waals surface area contributed by atoms with E-state index in [9.17, 15) is 5.11 Å². The molecule has 0 spiro atoms. The molecule has 3 heterocycles. The third-order valence-electron chi connectivity index (χ3n) is 4.81. The fraction of sp³-hybridized carbons (Fsp3) is 0.444. The molecule has 3 N–H and O–H groups in total. The van der Waals surface area contributed by atoms with Crippen molar-refractivity contribution in [2.45, 2.75) is 38.1 Å². The highest BCUT2D eigenvalue weighted by molar-refractivity contribution is 5.81. The standard InChI is InChI=1S/C18H23N5O2/c1-12(13-5-3-2-4-6-13)22-17-16-18(20-10-19-17)23(11-21-16)15-8-7-14(9-24)25-15/h2-6,10,12,14-15,21,24H,7-9,11H2,1H3,(H,19,20,22). The number of aliphatic hydroxyl groups excluding tert-OH is 1. The minimum atomic E-state index is -0.0772. The number of aromatic nitrogens is 2. The first kappa shape index (κ1) is 16.1. The molecule has 132 valence electrons. The Morgan fingerprint density at radius 2 is 2.16 bits per heavy atom. The maximum absolute atomic E-state index is 9.28. The number of fused-ring (bicyclic) bond motifs is 1. The predicted molar refractivity (Wildman–Crippen MR) is 96.5 cm³/mol. The zero-order chi connectivity index (χ0) is 17.2. The van der Waals surface area contributed by atoms with E-state index >= 15 is 0 Å². The second kappa shape index (κ2) is 6.85. The lowest BCUT2D eigenvalue weighted by atomic mass is 10.1. The molecule has 0 bridgehead atoms. The molecule has 4 rings (SSSR count). The van der Waals surface area contributed by atoms with Crippen LogP contribution in [0, 0.1) is 0 Å². The van der Waals surface area contributed by atoms with E-state index in [2.05, 4.69) is 44.6 Å². The van der Waals surface area contributed by atoms with Crippen LogP contribution in [0.3, 0.4) is 0 Å². The van der Waals surface area contributed by atoms with E-state index < -0.39 is 0 Å².